The van der Waals surface area contributed by atoms with E-state index >= 15 is 0 Å². The van der Waals surface area contributed by atoms with Crippen molar-refractivity contribution in [3.8, 4) is 0 Å². The van der Waals surface area contributed by atoms with Crippen LogP contribution in [0.1, 0.15) is 37.4 Å². The predicted molar refractivity (Wildman–Crippen MR) is 124 cm³/mol. The SMILES string of the molecule is CCCc1cc(=O)n2nc(N3CCC(C(=O)NCCc4ccccc4Cl)CC3)sc2n1. The lowest BCUT2D eigenvalue weighted by atomic mass is 9.96. The summed E-state index contributed by atoms with van der Waals surface area (Å²) in [7, 11) is 0. The Bertz CT molecular complexity index is 1120. The van der Waals surface area contributed by atoms with Gasteiger partial charge >= 0.3 is 0 Å². The molecule has 2 aromatic heterocycles. The standard InChI is InChI=1S/C22H26ClN5O2S/c1-2-5-17-14-19(29)28-21(25-17)31-22(26-28)27-12-9-16(10-13-27)20(30)24-11-8-15-6-3-4-7-18(15)23/h3-4,6-7,14,16H,2,5,8-13H2,1H3,(H,24,30). The molecular formula is C22H26ClN5O2S. The summed E-state index contributed by atoms with van der Waals surface area (Å²) < 4.78 is 1.38. The van der Waals surface area contributed by atoms with E-state index in [1.165, 1.54) is 15.9 Å². The van der Waals surface area contributed by atoms with Crippen LogP contribution in [0, 0.1) is 5.92 Å². The van der Waals surface area contributed by atoms with Crippen molar-refractivity contribution in [2.45, 2.75) is 39.0 Å². The topological polar surface area (TPSA) is 79.6 Å². The largest absolute Gasteiger partial charge is 0.356 e. The van der Waals surface area contributed by atoms with Gasteiger partial charge in [-0.3, -0.25) is 9.59 Å². The van der Waals surface area contributed by atoms with E-state index in [1.54, 1.807) is 6.07 Å². The van der Waals surface area contributed by atoms with Gasteiger partial charge in [-0.15, -0.1) is 5.10 Å². The predicted octanol–water partition coefficient (Wildman–Crippen LogP) is 3.33. The molecule has 0 aliphatic carbocycles. The third-order valence-electron chi connectivity index (χ3n) is 5.58. The second kappa shape index (κ2) is 9.78. The summed E-state index contributed by atoms with van der Waals surface area (Å²) in [5.74, 6) is 0.0898. The number of fused-ring (bicyclic) bond motifs is 1. The highest BCUT2D eigenvalue weighted by Gasteiger charge is 2.26. The van der Waals surface area contributed by atoms with E-state index in [0.29, 0.717) is 11.5 Å². The van der Waals surface area contributed by atoms with Crippen LogP contribution >= 0.6 is 22.9 Å². The number of nitrogens with zero attached hydrogens (tertiary/aromatic N) is 4. The van der Waals surface area contributed by atoms with Crippen LogP contribution in [0.3, 0.4) is 0 Å². The summed E-state index contributed by atoms with van der Waals surface area (Å²) in [6, 6.07) is 9.27. The first-order chi connectivity index (χ1) is 15.0. The molecule has 0 radical (unpaired) electrons. The molecule has 31 heavy (non-hydrogen) atoms. The highest BCUT2D eigenvalue weighted by molar-refractivity contribution is 7.20. The number of anilines is 1. The average molecular weight is 460 g/mol. The third kappa shape index (κ3) is 5.07. The van der Waals surface area contributed by atoms with Crippen LogP contribution in [0.4, 0.5) is 5.13 Å². The molecule has 1 N–H and O–H groups in total. The molecule has 0 saturated carbocycles. The number of rotatable bonds is 7. The quantitative estimate of drug-likeness (QED) is 0.586. The Kier molecular flexibility index (Phi) is 6.87. The zero-order valence-electron chi connectivity index (χ0n) is 17.5. The first kappa shape index (κ1) is 21.8. The Morgan fingerprint density at radius 1 is 1.26 bits per heavy atom. The minimum atomic E-state index is -0.135. The first-order valence-electron chi connectivity index (χ1n) is 10.7. The maximum absolute atomic E-state index is 12.6. The zero-order valence-corrected chi connectivity index (χ0v) is 19.1. The minimum absolute atomic E-state index is 0.00567. The van der Waals surface area contributed by atoms with E-state index in [4.69, 9.17) is 11.6 Å². The van der Waals surface area contributed by atoms with Crippen LogP contribution in [0.5, 0.6) is 0 Å². The second-order valence-corrected chi connectivity index (χ2v) is 9.15. The lowest BCUT2D eigenvalue weighted by molar-refractivity contribution is -0.125. The van der Waals surface area contributed by atoms with Crippen LogP contribution in [-0.4, -0.2) is 40.1 Å². The molecule has 1 aliphatic heterocycles. The van der Waals surface area contributed by atoms with Gasteiger partial charge in [0.25, 0.3) is 5.56 Å². The number of carbonyl (C=O) groups is 1. The molecule has 7 nitrogen and oxygen atoms in total. The van der Waals surface area contributed by atoms with Gasteiger partial charge in [0.15, 0.2) is 0 Å². The molecule has 1 aromatic carbocycles. The smallest absolute Gasteiger partial charge is 0.275 e. The molecular weight excluding hydrogens is 434 g/mol. The van der Waals surface area contributed by atoms with E-state index < -0.39 is 0 Å². The van der Waals surface area contributed by atoms with Crippen LogP contribution < -0.4 is 15.8 Å². The average Bonchev–Trinajstić information content (AvgIpc) is 3.20. The molecule has 4 rings (SSSR count). The van der Waals surface area contributed by atoms with Crippen LogP contribution in [0.2, 0.25) is 5.02 Å². The maximum atomic E-state index is 12.6. The van der Waals surface area contributed by atoms with E-state index in [1.807, 2.05) is 24.3 Å². The zero-order chi connectivity index (χ0) is 21.8. The lowest BCUT2D eigenvalue weighted by Gasteiger charge is -2.30. The molecule has 9 heteroatoms. The van der Waals surface area contributed by atoms with E-state index in [-0.39, 0.29) is 17.4 Å². The maximum Gasteiger partial charge on any atom is 0.275 e. The summed E-state index contributed by atoms with van der Waals surface area (Å²) in [6.45, 7) is 4.12. The van der Waals surface area contributed by atoms with Gasteiger partial charge in [-0.1, -0.05) is 54.5 Å². The molecule has 3 heterocycles. The number of amides is 1. The van der Waals surface area contributed by atoms with Crippen LogP contribution in [-0.2, 0) is 17.6 Å². The number of halogens is 1. The van der Waals surface area contributed by atoms with Crippen LogP contribution in [0.25, 0.3) is 4.96 Å². The van der Waals surface area contributed by atoms with Gasteiger partial charge in [-0.05, 0) is 37.3 Å². The Labute approximate surface area is 190 Å². The molecule has 0 atom stereocenters. The Balaban J connectivity index is 1.32. The summed E-state index contributed by atoms with van der Waals surface area (Å²) >= 11 is 7.61. The van der Waals surface area contributed by atoms with Crippen molar-refractivity contribution in [1.29, 1.82) is 0 Å². The van der Waals surface area contributed by atoms with Gasteiger partial charge in [0.05, 0.1) is 0 Å². The Morgan fingerprint density at radius 2 is 2.03 bits per heavy atom. The molecule has 164 valence electrons. The van der Waals surface area contributed by atoms with Gasteiger partial charge in [-0.2, -0.15) is 4.52 Å². The number of benzene rings is 1. The van der Waals surface area contributed by atoms with Gasteiger partial charge < -0.3 is 10.2 Å². The van der Waals surface area contributed by atoms with Gasteiger partial charge in [0.2, 0.25) is 16.0 Å². The number of aromatic nitrogens is 3. The van der Waals surface area contributed by atoms with Crippen molar-refractivity contribution in [3.05, 3.63) is 57.0 Å². The molecule has 0 spiro atoms. The fraction of sp³-hybridized carbons (Fsp3) is 0.455. The van der Waals surface area contributed by atoms with Crippen molar-refractivity contribution in [2.75, 3.05) is 24.5 Å². The highest BCUT2D eigenvalue weighted by atomic mass is 35.5. The molecule has 1 fully saturated rings. The number of piperidine rings is 1. The normalized spacial score (nSPS) is 14.8. The van der Waals surface area contributed by atoms with Gasteiger partial charge in [0.1, 0.15) is 0 Å². The number of aryl methyl sites for hydroxylation is 1. The highest BCUT2D eigenvalue weighted by Crippen LogP contribution is 2.27. The molecule has 1 aliphatic rings. The minimum Gasteiger partial charge on any atom is -0.356 e. The molecule has 1 amide bonds. The van der Waals surface area contributed by atoms with Crippen LogP contribution in [0.15, 0.2) is 35.1 Å². The molecule has 1 saturated heterocycles. The fourth-order valence-electron chi connectivity index (χ4n) is 3.86. The number of nitrogens with one attached hydrogen (secondary N) is 1. The van der Waals surface area contributed by atoms with E-state index in [9.17, 15) is 9.59 Å². The van der Waals surface area contributed by atoms with Gasteiger partial charge in [0, 0.05) is 42.3 Å². The van der Waals surface area contributed by atoms with Crippen molar-refractivity contribution in [2.24, 2.45) is 5.92 Å². The monoisotopic (exact) mass is 459 g/mol. The van der Waals surface area contributed by atoms with E-state index in [0.717, 1.165) is 66.6 Å². The lowest BCUT2D eigenvalue weighted by Crippen LogP contribution is -2.41. The van der Waals surface area contributed by atoms with Crippen molar-refractivity contribution in [3.63, 3.8) is 0 Å². The van der Waals surface area contributed by atoms with Crippen molar-refractivity contribution in [1.82, 2.24) is 19.9 Å². The van der Waals surface area contributed by atoms with E-state index in [2.05, 4.69) is 27.2 Å². The van der Waals surface area contributed by atoms with Crippen molar-refractivity contribution < 1.29 is 4.79 Å². The summed E-state index contributed by atoms with van der Waals surface area (Å²) in [6.07, 6.45) is 3.98. The fourth-order valence-corrected chi connectivity index (χ4v) is 5.06. The number of hydrogen-bond acceptors (Lipinski definition) is 6. The molecule has 3 aromatic rings. The summed E-state index contributed by atoms with van der Waals surface area (Å²) in [5.41, 5.74) is 1.72. The summed E-state index contributed by atoms with van der Waals surface area (Å²) in [5, 5.41) is 9.04. The Morgan fingerprint density at radius 3 is 2.77 bits per heavy atom. The first-order valence-corrected chi connectivity index (χ1v) is 11.9. The third-order valence-corrected chi connectivity index (χ3v) is 6.92. The second-order valence-electron chi connectivity index (χ2n) is 7.81. The Hall–Kier alpha value is -2.45. The van der Waals surface area contributed by atoms with Gasteiger partial charge in [-0.25, -0.2) is 4.98 Å². The number of hydrogen-bond donors (Lipinski definition) is 1. The molecule has 0 bridgehead atoms. The van der Waals surface area contributed by atoms with Crippen molar-refractivity contribution >= 4 is 38.9 Å². The summed E-state index contributed by atoms with van der Waals surface area (Å²) in [4.78, 5) is 32.2. The molecule has 0 unspecified atom stereocenters. The number of carbonyl (C=O) groups excluding carboxylic acids is 1.